The van der Waals surface area contributed by atoms with Crippen LogP contribution in [0.3, 0.4) is 0 Å². The zero-order valence-electron chi connectivity index (χ0n) is 14.1. The van der Waals surface area contributed by atoms with Gasteiger partial charge < -0.3 is 9.84 Å². The average molecular weight is 333 g/mol. The predicted molar refractivity (Wildman–Crippen MR) is 84.8 cm³/mol. The first kappa shape index (κ1) is 16.6. The van der Waals surface area contributed by atoms with Crippen LogP contribution >= 0.6 is 0 Å². The number of hydrogen-bond donors (Lipinski definition) is 1. The second-order valence-corrected chi connectivity index (χ2v) is 6.39. The molecule has 3 rings (SSSR count). The molecule has 1 N–H and O–H groups in total. The van der Waals surface area contributed by atoms with Gasteiger partial charge in [0.15, 0.2) is 11.6 Å². The van der Waals surface area contributed by atoms with Gasteiger partial charge in [0.05, 0.1) is 18.8 Å². The van der Waals surface area contributed by atoms with E-state index in [1.54, 1.807) is 4.68 Å². The lowest BCUT2D eigenvalue weighted by atomic mass is 10.1. The molecule has 0 atom stereocenters. The number of amides is 1. The van der Waals surface area contributed by atoms with Crippen molar-refractivity contribution in [1.82, 2.24) is 35.6 Å². The van der Waals surface area contributed by atoms with Gasteiger partial charge in [-0.25, -0.2) is 4.68 Å². The summed E-state index contributed by atoms with van der Waals surface area (Å²) >= 11 is 0. The van der Waals surface area contributed by atoms with Crippen LogP contribution in [0.4, 0.5) is 0 Å². The lowest BCUT2D eigenvalue weighted by molar-refractivity contribution is -0.122. The summed E-state index contributed by atoms with van der Waals surface area (Å²) in [4.78, 5) is 14.4. The molecule has 0 saturated carbocycles. The fourth-order valence-electron chi connectivity index (χ4n) is 2.66. The van der Waals surface area contributed by atoms with Crippen molar-refractivity contribution in [3.8, 4) is 0 Å². The predicted octanol–water partition coefficient (Wildman–Crippen LogP) is 0.697. The van der Waals surface area contributed by atoms with Crippen LogP contribution in [-0.4, -0.2) is 49.3 Å². The van der Waals surface area contributed by atoms with Gasteiger partial charge in [-0.2, -0.15) is 0 Å². The van der Waals surface area contributed by atoms with Crippen LogP contribution in [0, 0.1) is 0 Å². The summed E-state index contributed by atoms with van der Waals surface area (Å²) in [5, 5.41) is 18.4. The number of aromatic nitrogens is 5. The molecule has 130 valence electrons. The smallest absolute Gasteiger partial charge is 0.242 e. The first-order chi connectivity index (χ1) is 11.6. The van der Waals surface area contributed by atoms with Crippen LogP contribution in [0.1, 0.15) is 49.9 Å². The topological polar surface area (TPSA) is 102 Å². The van der Waals surface area contributed by atoms with E-state index in [0.29, 0.717) is 30.6 Å². The molecule has 9 heteroatoms. The summed E-state index contributed by atoms with van der Waals surface area (Å²) in [5.74, 6) is 1.50. The molecule has 24 heavy (non-hydrogen) atoms. The number of hydrogen-bond acceptors (Lipinski definition) is 7. The third-order valence-electron chi connectivity index (χ3n) is 4.09. The highest BCUT2D eigenvalue weighted by Crippen LogP contribution is 2.14. The average Bonchev–Trinajstić information content (AvgIpc) is 3.28. The van der Waals surface area contributed by atoms with Crippen molar-refractivity contribution in [2.45, 2.75) is 52.2 Å². The fraction of sp³-hybridized carbons (Fsp3) is 0.667. The standard InChI is InChI=1S/C15H23N7O2/c1-11(2)13-7-12(24-18-13)8-16-15(23)10-22-14(17-19-20-22)9-21-5-3-4-6-21/h7,11H,3-6,8-10H2,1-2H3,(H,16,23). The molecule has 0 spiro atoms. The van der Waals surface area contributed by atoms with E-state index < -0.39 is 0 Å². The van der Waals surface area contributed by atoms with Crippen molar-refractivity contribution in [3.63, 3.8) is 0 Å². The third-order valence-corrected chi connectivity index (χ3v) is 4.09. The molecule has 2 aromatic rings. The maximum atomic E-state index is 12.1. The Morgan fingerprint density at radius 3 is 2.88 bits per heavy atom. The van der Waals surface area contributed by atoms with Gasteiger partial charge in [-0.15, -0.1) is 5.10 Å². The number of nitrogens with one attached hydrogen (secondary N) is 1. The highest BCUT2D eigenvalue weighted by Gasteiger charge is 2.17. The van der Waals surface area contributed by atoms with Crippen molar-refractivity contribution >= 4 is 5.91 Å². The molecule has 0 radical (unpaired) electrons. The normalized spacial score (nSPS) is 15.3. The number of likely N-dealkylation sites (tertiary alicyclic amines) is 1. The van der Waals surface area contributed by atoms with E-state index in [2.05, 4.69) is 30.9 Å². The number of tetrazole rings is 1. The van der Waals surface area contributed by atoms with E-state index >= 15 is 0 Å². The highest BCUT2D eigenvalue weighted by atomic mass is 16.5. The highest BCUT2D eigenvalue weighted by molar-refractivity contribution is 5.75. The van der Waals surface area contributed by atoms with Gasteiger partial charge in [0.1, 0.15) is 6.54 Å². The van der Waals surface area contributed by atoms with Crippen LogP contribution in [-0.2, 0) is 24.4 Å². The maximum absolute atomic E-state index is 12.1. The lowest BCUT2D eigenvalue weighted by Gasteiger charge is -2.13. The molecule has 0 unspecified atom stereocenters. The zero-order valence-corrected chi connectivity index (χ0v) is 14.1. The van der Waals surface area contributed by atoms with Crippen molar-refractivity contribution in [2.75, 3.05) is 13.1 Å². The van der Waals surface area contributed by atoms with Crippen molar-refractivity contribution in [1.29, 1.82) is 0 Å². The van der Waals surface area contributed by atoms with Gasteiger partial charge in [-0.3, -0.25) is 9.69 Å². The van der Waals surface area contributed by atoms with E-state index in [1.165, 1.54) is 12.8 Å². The third kappa shape index (κ3) is 4.16. The van der Waals surface area contributed by atoms with Gasteiger partial charge in [0.25, 0.3) is 0 Å². The summed E-state index contributed by atoms with van der Waals surface area (Å²) < 4.78 is 6.75. The summed E-state index contributed by atoms with van der Waals surface area (Å²) in [6.07, 6.45) is 2.41. The van der Waals surface area contributed by atoms with Crippen LogP contribution in [0.25, 0.3) is 0 Å². The van der Waals surface area contributed by atoms with Crippen molar-refractivity contribution in [2.24, 2.45) is 0 Å². The van der Waals surface area contributed by atoms with Crippen LogP contribution in [0.2, 0.25) is 0 Å². The Balaban J connectivity index is 1.50. The van der Waals surface area contributed by atoms with Gasteiger partial charge in [-0.05, 0) is 42.3 Å². The monoisotopic (exact) mass is 333 g/mol. The van der Waals surface area contributed by atoms with E-state index in [9.17, 15) is 4.79 Å². The minimum atomic E-state index is -0.160. The zero-order chi connectivity index (χ0) is 16.9. The Kier molecular flexibility index (Phi) is 5.19. The van der Waals surface area contributed by atoms with Crippen LogP contribution < -0.4 is 5.32 Å². The molecule has 1 amide bonds. The molecule has 0 aliphatic carbocycles. The molecule has 1 aliphatic rings. The molecule has 0 bridgehead atoms. The van der Waals surface area contributed by atoms with Crippen LogP contribution in [0.15, 0.2) is 10.6 Å². The Hall–Kier alpha value is -2.29. The van der Waals surface area contributed by atoms with E-state index in [1.807, 2.05) is 19.9 Å². The van der Waals surface area contributed by atoms with Crippen molar-refractivity contribution < 1.29 is 9.32 Å². The summed E-state index contributed by atoms with van der Waals surface area (Å²) in [5.41, 5.74) is 0.882. The van der Waals surface area contributed by atoms with Crippen LogP contribution in [0.5, 0.6) is 0 Å². The number of nitrogens with zero attached hydrogens (tertiary/aromatic N) is 6. The summed E-state index contributed by atoms with van der Waals surface area (Å²) in [7, 11) is 0. The number of carbonyl (C=O) groups excluding carboxylic acids is 1. The maximum Gasteiger partial charge on any atom is 0.242 e. The van der Waals surface area contributed by atoms with Gasteiger partial charge in [0, 0.05) is 6.07 Å². The minimum Gasteiger partial charge on any atom is -0.359 e. The van der Waals surface area contributed by atoms with Crippen molar-refractivity contribution in [3.05, 3.63) is 23.3 Å². The van der Waals surface area contributed by atoms with E-state index in [-0.39, 0.29) is 12.5 Å². The number of rotatable bonds is 7. The Bertz CT molecular complexity index is 673. The molecule has 1 aliphatic heterocycles. The molecular formula is C15H23N7O2. The van der Waals surface area contributed by atoms with E-state index in [4.69, 9.17) is 4.52 Å². The second-order valence-electron chi connectivity index (χ2n) is 6.39. The molecule has 1 fully saturated rings. The Morgan fingerprint density at radius 2 is 2.17 bits per heavy atom. The van der Waals surface area contributed by atoms with Gasteiger partial charge >= 0.3 is 0 Å². The Morgan fingerprint density at radius 1 is 1.38 bits per heavy atom. The van der Waals surface area contributed by atoms with Gasteiger partial charge in [0.2, 0.25) is 5.91 Å². The first-order valence-electron chi connectivity index (χ1n) is 8.31. The first-order valence-corrected chi connectivity index (χ1v) is 8.31. The molecule has 3 heterocycles. The summed E-state index contributed by atoms with van der Waals surface area (Å²) in [6, 6.07) is 1.86. The SMILES string of the molecule is CC(C)c1cc(CNC(=O)Cn2nnnc2CN2CCCC2)on1. The Labute approximate surface area is 140 Å². The molecule has 9 nitrogen and oxygen atoms in total. The van der Waals surface area contributed by atoms with E-state index in [0.717, 1.165) is 18.8 Å². The van der Waals surface area contributed by atoms with Gasteiger partial charge in [-0.1, -0.05) is 19.0 Å². The molecular weight excluding hydrogens is 310 g/mol. The molecule has 1 saturated heterocycles. The quantitative estimate of drug-likeness (QED) is 0.795. The summed E-state index contributed by atoms with van der Waals surface area (Å²) in [6.45, 7) is 7.29. The fourth-order valence-corrected chi connectivity index (χ4v) is 2.66. The lowest BCUT2D eigenvalue weighted by Crippen LogP contribution is -2.29. The molecule has 0 aromatic carbocycles. The number of carbonyl (C=O) groups is 1. The largest absolute Gasteiger partial charge is 0.359 e. The second kappa shape index (κ2) is 7.52. The molecule has 2 aromatic heterocycles. The minimum absolute atomic E-state index is 0.0986.